The summed E-state index contributed by atoms with van der Waals surface area (Å²) in [6, 6.07) is 85.0. The Balaban J connectivity index is 1.10. The fraction of sp³-hybridized carbons (Fsp3) is 0.0588. The highest BCUT2D eigenvalue weighted by atomic mass is 15.1. The average molecular weight is 897 g/mol. The summed E-state index contributed by atoms with van der Waals surface area (Å²) in [5, 5.41) is 7.38. The summed E-state index contributed by atoms with van der Waals surface area (Å²) in [5.41, 5.74) is 18.9. The Morgan fingerprint density at radius 3 is 1.51 bits per heavy atom. The second kappa shape index (κ2) is 17.4. The van der Waals surface area contributed by atoms with Gasteiger partial charge in [-0.15, -0.1) is 0 Å². The first kappa shape index (κ1) is 42.6. The third-order valence-electron chi connectivity index (χ3n) is 14.5. The highest BCUT2D eigenvalue weighted by Crippen LogP contribution is 2.55. The molecule has 0 aliphatic heterocycles. The minimum Gasteiger partial charge on any atom is -0.310 e. The van der Waals surface area contributed by atoms with E-state index in [4.69, 9.17) is 0 Å². The number of benzene rings is 11. The van der Waals surface area contributed by atoms with Crippen LogP contribution in [0.3, 0.4) is 0 Å². The Morgan fingerprint density at radius 2 is 0.871 bits per heavy atom. The predicted octanol–water partition coefficient (Wildman–Crippen LogP) is 19.2. The molecule has 0 atom stereocenters. The first-order valence-electron chi connectivity index (χ1n) is 24.3. The standard InChI is InChI=1S/C68H52N2/c1-5-6-21-47-32-34-54(40-46(47)2)69(52-28-15-9-16-29-52)56-37-39-59-61(42-56)67(50-25-13-8-14-26-50)62-44-60-58-38-36-57(43-64(58)68(3,4)65(60)45-63(62)66(59)49-23-11-7-12-24-49)70(53-30-17-10-18-31-53)55-35-33-48-22-19-20-27-51(48)41-55/h5-45H,1H2,2-4H3/b21-6-. The molecule has 2 heteroatoms. The molecule has 0 N–H and O–H groups in total. The molecule has 70 heavy (non-hydrogen) atoms. The summed E-state index contributed by atoms with van der Waals surface area (Å²) in [6.45, 7) is 10.9. The van der Waals surface area contributed by atoms with Gasteiger partial charge in [-0.3, -0.25) is 0 Å². The minimum atomic E-state index is -0.286. The van der Waals surface area contributed by atoms with Crippen molar-refractivity contribution in [2.75, 3.05) is 9.80 Å². The van der Waals surface area contributed by atoms with Gasteiger partial charge in [0.15, 0.2) is 0 Å². The molecule has 0 spiro atoms. The molecule has 0 saturated heterocycles. The van der Waals surface area contributed by atoms with Crippen LogP contribution in [0, 0.1) is 6.92 Å². The zero-order valence-corrected chi connectivity index (χ0v) is 39.8. The molecule has 12 rings (SSSR count). The van der Waals surface area contributed by atoms with Crippen molar-refractivity contribution in [1.29, 1.82) is 0 Å². The van der Waals surface area contributed by atoms with Gasteiger partial charge >= 0.3 is 0 Å². The van der Waals surface area contributed by atoms with Crippen LogP contribution >= 0.6 is 0 Å². The van der Waals surface area contributed by atoms with E-state index in [1.165, 1.54) is 88.0 Å². The molecule has 1 aliphatic rings. The Bertz CT molecular complexity index is 3810. The Labute approximate surface area is 411 Å². The molecule has 0 heterocycles. The number of para-hydroxylation sites is 2. The van der Waals surface area contributed by atoms with Gasteiger partial charge in [-0.2, -0.15) is 0 Å². The van der Waals surface area contributed by atoms with Gasteiger partial charge in [0.25, 0.3) is 0 Å². The maximum atomic E-state index is 3.90. The molecule has 0 bridgehead atoms. The van der Waals surface area contributed by atoms with Crippen molar-refractivity contribution < 1.29 is 0 Å². The molecule has 0 aromatic heterocycles. The van der Waals surface area contributed by atoms with Crippen LogP contribution < -0.4 is 9.80 Å². The highest BCUT2D eigenvalue weighted by molar-refractivity contribution is 6.23. The van der Waals surface area contributed by atoms with E-state index in [1.54, 1.807) is 0 Å². The van der Waals surface area contributed by atoms with E-state index in [1.807, 2.05) is 12.2 Å². The number of aryl methyl sites for hydroxylation is 1. The van der Waals surface area contributed by atoms with Crippen LogP contribution in [-0.2, 0) is 5.41 Å². The van der Waals surface area contributed by atoms with Crippen molar-refractivity contribution in [1.82, 2.24) is 0 Å². The zero-order chi connectivity index (χ0) is 47.3. The van der Waals surface area contributed by atoms with Crippen LogP contribution in [0.15, 0.2) is 249 Å². The van der Waals surface area contributed by atoms with Gasteiger partial charge in [0, 0.05) is 39.5 Å². The lowest BCUT2D eigenvalue weighted by molar-refractivity contribution is 0.661. The lowest BCUT2D eigenvalue weighted by Gasteiger charge is -2.28. The smallest absolute Gasteiger partial charge is 0.0468 e. The van der Waals surface area contributed by atoms with E-state index >= 15 is 0 Å². The molecule has 0 unspecified atom stereocenters. The van der Waals surface area contributed by atoms with Crippen molar-refractivity contribution in [2.45, 2.75) is 26.2 Å². The number of allylic oxidation sites excluding steroid dienone is 2. The number of hydrogen-bond donors (Lipinski definition) is 0. The molecule has 1 aliphatic carbocycles. The highest BCUT2D eigenvalue weighted by Gasteiger charge is 2.37. The first-order valence-corrected chi connectivity index (χ1v) is 24.3. The third kappa shape index (κ3) is 7.28. The van der Waals surface area contributed by atoms with Crippen molar-refractivity contribution in [2.24, 2.45) is 0 Å². The third-order valence-corrected chi connectivity index (χ3v) is 14.5. The van der Waals surface area contributed by atoms with Crippen LogP contribution in [0.25, 0.3) is 71.8 Å². The van der Waals surface area contributed by atoms with Crippen LogP contribution in [0.1, 0.15) is 36.1 Å². The fourth-order valence-electron chi connectivity index (χ4n) is 11.1. The summed E-state index contributed by atoms with van der Waals surface area (Å²) in [4.78, 5) is 4.80. The second-order valence-corrected chi connectivity index (χ2v) is 19.0. The summed E-state index contributed by atoms with van der Waals surface area (Å²) in [6.07, 6.45) is 5.95. The van der Waals surface area contributed by atoms with E-state index < -0.39 is 0 Å². The first-order chi connectivity index (χ1) is 34.4. The lowest BCUT2D eigenvalue weighted by atomic mass is 9.79. The largest absolute Gasteiger partial charge is 0.310 e. The number of rotatable bonds is 10. The van der Waals surface area contributed by atoms with Gasteiger partial charge in [-0.05, 0) is 180 Å². The minimum absolute atomic E-state index is 0.286. The van der Waals surface area contributed by atoms with E-state index in [0.29, 0.717) is 0 Å². The molecule has 334 valence electrons. The summed E-state index contributed by atoms with van der Waals surface area (Å²) in [5.74, 6) is 0. The fourth-order valence-corrected chi connectivity index (χ4v) is 11.1. The summed E-state index contributed by atoms with van der Waals surface area (Å²) < 4.78 is 0. The summed E-state index contributed by atoms with van der Waals surface area (Å²) in [7, 11) is 0. The maximum Gasteiger partial charge on any atom is 0.0468 e. The predicted molar refractivity (Wildman–Crippen MR) is 301 cm³/mol. The average Bonchev–Trinajstić information content (AvgIpc) is 3.62. The normalized spacial score (nSPS) is 12.6. The molecule has 0 fully saturated rings. The van der Waals surface area contributed by atoms with Crippen molar-refractivity contribution in [3.63, 3.8) is 0 Å². The Morgan fingerprint density at radius 1 is 0.386 bits per heavy atom. The molecular weight excluding hydrogens is 845 g/mol. The van der Waals surface area contributed by atoms with E-state index in [9.17, 15) is 0 Å². The van der Waals surface area contributed by atoms with Crippen LogP contribution in [0.2, 0.25) is 0 Å². The zero-order valence-electron chi connectivity index (χ0n) is 39.8. The number of hydrogen-bond acceptors (Lipinski definition) is 2. The van der Waals surface area contributed by atoms with Gasteiger partial charge in [0.05, 0.1) is 0 Å². The number of nitrogens with zero attached hydrogens (tertiary/aromatic N) is 2. The van der Waals surface area contributed by atoms with Crippen LogP contribution in [-0.4, -0.2) is 0 Å². The molecular formula is C68H52N2. The topological polar surface area (TPSA) is 6.48 Å². The van der Waals surface area contributed by atoms with E-state index in [-0.39, 0.29) is 5.41 Å². The number of fused-ring (bicyclic) bond motifs is 6. The van der Waals surface area contributed by atoms with Gasteiger partial charge in [0.2, 0.25) is 0 Å². The van der Waals surface area contributed by atoms with Gasteiger partial charge in [-0.25, -0.2) is 0 Å². The summed E-state index contributed by atoms with van der Waals surface area (Å²) >= 11 is 0. The van der Waals surface area contributed by atoms with Crippen LogP contribution in [0.4, 0.5) is 34.1 Å². The molecule has 0 saturated carbocycles. The van der Waals surface area contributed by atoms with Crippen molar-refractivity contribution >= 4 is 72.5 Å². The Kier molecular flexibility index (Phi) is 10.6. The van der Waals surface area contributed by atoms with E-state index in [0.717, 1.165) is 34.1 Å². The molecule has 0 radical (unpaired) electrons. The van der Waals surface area contributed by atoms with Crippen molar-refractivity contribution in [3.8, 4) is 33.4 Å². The maximum absolute atomic E-state index is 3.90. The molecule has 0 amide bonds. The van der Waals surface area contributed by atoms with Gasteiger partial charge < -0.3 is 9.80 Å². The second-order valence-electron chi connectivity index (χ2n) is 19.0. The Hall–Kier alpha value is -8.72. The van der Waals surface area contributed by atoms with Gasteiger partial charge in [-0.1, -0.05) is 184 Å². The molecule has 2 nitrogen and oxygen atoms in total. The quantitative estimate of drug-likeness (QED) is 0.0997. The van der Waals surface area contributed by atoms with E-state index in [2.05, 4.69) is 274 Å². The lowest BCUT2D eigenvalue weighted by Crippen LogP contribution is -2.16. The van der Waals surface area contributed by atoms with Gasteiger partial charge in [0.1, 0.15) is 0 Å². The molecule has 11 aromatic carbocycles. The van der Waals surface area contributed by atoms with Crippen LogP contribution in [0.5, 0.6) is 0 Å². The monoisotopic (exact) mass is 896 g/mol. The van der Waals surface area contributed by atoms with Crippen molar-refractivity contribution in [3.05, 3.63) is 272 Å². The molecule has 11 aromatic rings. The SMILES string of the molecule is C=C/C=C\c1ccc(N(c2ccccc2)c2ccc3c(-c4ccccc4)c4cc5c(cc4c(-c4ccccc4)c3c2)-c2ccc(N(c3ccccc3)c3ccc4ccccc4c3)cc2C5(C)C)cc1C. The number of anilines is 6.